The number of carbonyl (C=O) groups excluding carboxylic acids is 1. The molecule has 15 unspecified atom stereocenters. The Bertz CT molecular complexity index is 974. The molecular weight excluding hydrogens is 650 g/mol. The number of carbonyl (C=O) groups is 1. The molecule has 0 aliphatic carbocycles. The van der Waals surface area contributed by atoms with E-state index in [4.69, 9.17) is 33.5 Å². The minimum atomic E-state index is -1.88. The number of ether oxygens (including phenoxy) is 6. The monoisotopic (exact) mass is 701 g/mol. The highest BCUT2D eigenvalue weighted by Gasteiger charge is 2.52. The third-order valence-corrected chi connectivity index (χ3v) is 8.38. The van der Waals surface area contributed by atoms with Crippen molar-refractivity contribution in [3.05, 3.63) is 12.3 Å². The molecule has 0 aromatic carbocycles. The maximum Gasteiger partial charge on any atom is 0.220 e. The van der Waals surface area contributed by atoms with Gasteiger partial charge in [0.15, 0.2) is 18.9 Å². The summed E-state index contributed by atoms with van der Waals surface area (Å²) < 4.78 is 33.1. The van der Waals surface area contributed by atoms with E-state index in [9.17, 15) is 55.9 Å². The number of rotatable bonds is 18. The lowest BCUT2D eigenvalue weighted by Gasteiger charge is -2.46. The molecule has 3 heterocycles. The molecule has 0 aromatic rings. The molecule has 0 aromatic heterocycles. The van der Waals surface area contributed by atoms with Crippen molar-refractivity contribution in [1.82, 2.24) is 5.32 Å². The van der Waals surface area contributed by atoms with Crippen molar-refractivity contribution in [3.63, 3.8) is 0 Å². The molecule has 3 aliphatic heterocycles. The lowest BCUT2D eigenvalue weighted by atomic mass is 9.96. The number of aliphatic hydroxyl groups is 11. The third kappa shape index (κ3) is 10.9. The molecule has 0 spiro atoms. The van der Waals surface area contributed by atoms with Crippen molar-refractivity contribution in [3.8, 4) is 0 Å². The lowest BCUT2D eigenvalue weighted by Crippen LogP contribution is -2.65. The lowest BCUT2D eigenvalue weighted by molar-refractivity contribution is -0.366. The Morgan fingerprint density at radius 1 is 0.625 bits per heavy atom. The Balaban J connectivity index is 1.62. The molecule has 3 saturated heterocycles. The third-order valence-electron chi connectivity index (χ3n) is 8.38. The standard InChI is InChI=1S/C29H51NO18/c1-13(33)6-4-2-3-5-7-17(34)30-8-9-43-28-25(42)26(48-29-24(41)22(39)19(36)15(11-32)46-29)20(37)16(47-28)12-44-27-23(40)21(38)18(35)14(10-31)45-27/h14-16,18-29,31-33,35-42H,1-12H2,(H,30,34). The summed E-state index contributed by atoms with van der Waals surface area (Å²) in [5, 5.41) is 114. The molecule has 3 fully saturated rings. The average Bonchev–Trinajstić information content (AvgIpc) is 3.06. The number of unbranched alkanes of at least 4 members (excludes halogenated alkanes) is 3. The van der Waals surface area contributed by atoms with E-state index < -0.39 is 112 Å². The predicted octanol–water partition coefficient (Wildman–Crippen LogP) is -5.02. The van der Waals surface area contributed by atoms with Crippen LogP contribution in [0.5, 0.6) is 0 Å². The Labute approximate surface area is 276 Å². The van der Waals surface area contributed by atoms with Gasteiger partial charge in [-0.1, -0.05) is 19.4 Å². The van der Waals surface area contributed by atoms with Crippen LogP contribution in [0, 0.1) is 0 Å². The first-order valence-electron chi connectivity index (χ1n) is 15.9. The molecule has 48 heavy (non-hydrogen) atoms. The topological polar surface area (TPSA) is 307 Å². The summed E-state index contributed by atoms with van der Waals surface area (Å²) in [4.78, 5) is 12.2. The van der Waals surface area contributed by atoms with Crippen LogP contribution in [0.1, 0.15) is 38.5 Å². The molecule has 0 radical (unpaired) electrons. The number of allylic oxidation sites excluding steroid dienone is 1. The van der Waals surface area contributed by atoms with Crippen LogP contribution >= 0.6 is 0 Å². The van der Waals surface area contributed by atoms with Crippen molar-refractivity contribution in [1.29, 1.82) is 0 Å². The van der Waals surface area contributed by atoms with Crippen LogP contribution in [0.15, 0.2) is 12.3 Å². The molecular formula is C29H51NO18. The number of aliphatic hydroxyl groups excluding tert-OH is 11. The fourth-order valence-corrected chi connectivity index (χ4v) is 5.49. The average molecular weight is 702 g/mol. The first-order chi connectivity index (χ1) is 22.8. The number of nitrogens with one attached hydrogen (secondary N) is 1. The van der Waals surface area contributed by atoms with Crippen molar-refractivity contribution >= 4 is 5.91 Å². The molecule has 3 aliphatic rings. The van der Waals surface area contributed by atoms with Crippen molar-refractivity contribution in [2.45, 2.75) is 131 Å². The zero-order chi connectivity index (χ0) is 35.5. The van der Waals surface area contributed by atoms with Crippen LogP contribution in [-0.4, -0.2) is 187 Å². The molecule has 3 rings (SSSR count). The summed E-state index contributed by atoms with van der Waals surface area (Å²) in [5.74, 6) is -0.130. The van der Waals surface area contributed by atoms with E-state index in [1.165, 1.54) is 0 Å². The maximum atomic E-state index is 12.2. The van der Waals surface area contributed by atoms with Crippen LogP contribution in [0.3, 0.4) is 0 Å². The Morgan fingerprint density at radius 3 is 1.73 bits per heavy atom. The van der Waals surface area contributed by atoms with Gasteiger partial charge in [0.05, 0.1) is 32.2 Å². The van der Waals surface area contributed by atoms with E-state index >= 15 is 0 Å². The largest absolute Gasteiger partial charge is 0.513 e. The summed E-state index contributed by atoms with van der Waals surface area (Å²) in [5.41, 5.74) is 0. The molecule has 0 saturated carbocycles. The van der Waals surface area contributed by atoms with Gasteiger partial charge in [0.25, 0.3) is 0 Å². The van der Waals surface area contributed by atoms with Crippen molar-refractivity contribution < 1.29 is 89.4 Å². The van der Waals surface area contributed by atoms with E-state index in [2.05, 4.69) is 11.9 Å². The van der Waals surface area contributed by atoms with Gasteiger partial charge in [-0.25, -0.2) is 0 Å². The molecule has 280 valence electrons. The van der Waals surface area contributed by atoms with Gasteiger partial charge in [-0.15, -0.1) is 0 Å². The van der Waals surface area contributed by atoms with E-state index in [0.29, 0.717) is 12.8 Å². The normalized spacial score (nSPS) is 40.4. The predicted molar refractivity (Wildman–Crippen MR) is 157 cm³/mol. The van der Waals surface area contributed by atoms with Gasteiger partial charge in [-0.2, -0.15) is 0 Å². The maximum absolute atomic E-state index is 12.2. The molecule has 0 bridgehead atoms. The highest BCUT2D eigenvalue weighted by atomic mass is 16.7. The van der Waals surface area contributed by atoms with Crippen LogP contribution < -0.4 is 5.32 Å². The molecule has 12 N–H and O–H groups in total. The van der Waals surface area contributed by atoms with Crippen molar-refractivity contribution in [2.24, 2.45) is 0 Å². The van der Waals surface area contributed by atoms with Gasteiger partial charge < -0.3 is 89.9 Å². The minimum absolute atomic E-state index is 0.00255. The van der Waals surface area contributed by atoms with Crippen LogP contribution in [0.2, 0.25) is 0 Å². The molecule has 19 nitrogen and oxygen atoms in total. The summed E-state index contributed by atoms with van der Waals surface area (Å²) in [7, 11) is 0. The molecule has 15 atom stereocenters. The quantitative estimate of drug-likeness (QED) is 0.0470. The highest BCUT2D eigenvalue weighted by Crippen LogP contribution is 2.31. The first kappa shape index (κ1) is 40.8. The summed E-state index contributed by atoms with van der Waals surface area (Å²) >= 11 is 0. The van der Waals surface area contributed by atoms with Gasteiger partial charge in [0.2, 0.25) is 5.91 Å². The van der Waals surface area contributed by atoms with Gasteiger partial charge in [0, 0.05) is 19.4 Å². The minimum Gasteiger partial charge on any atom is -0.513 e. The number of amides is 1. The first-order valence-corrected chi connectivity index (χ1v) is 15.9. The Hall–Kier alpha value is -1.63. The van der Waals surface area contributed by atoms with Crippen LogP contribution in [0.4, 0.5) is 0 Å². The number of hydrogen-bond acceptors (Lipinski definition) is 18. The highest BCUT2D eigenvalue weighted by molar-refractivity contribution is 5.75. The van der Waals surface area contributed by atoms with E-state index in [0.717, 1.165) is 19.3 Å². The smallest absolute Gasteiger partial charge is 0.220 e. The van der Waals surface area contributed by atoms with Gasteiger partial charge >= 0.3 is 0 Å². The van der Waals surface area contributed by atoms with E-state index in [1.54, 1.807) is 0 Å². The second kappa shape index (κ2) is 19.7. The van der Waals surface area contributed by atoms with E-state index in [-0.39, 0.29) is 31.2 Å². The summed E-state index contributed by atoms with van der Waals surface area (Å²) in [6.45, 7) is 1.15. The second-order valence-electron chi connectivity index (χ2n) is 12.1. The van der Waals surface area contributed by atoms with Crippen LogP contribution in [0.25, 0.3) is 0 Å². The Kier molecular flexibility index (Phi) is 16.7. The van der Waals surface area contributed by atoms with Crippen LogP contribution in [-0.2, 0) is 33.2 Å². The zero-order valence-corrected chi connectivity index (χ0v) is 26.4. The Morgan fingerprint density at radius 2 is 1.15 bits per heavy atom. The zero-order valence-electron chi connectivity index (χ0n) is 26.4. The van der Waals surface area contributed by atoms with Gasteiger partial charge in [-0.3, -0.25) is 4.79 Å². The summed E-state index contributed by atoms with van der Waals surface area (Å²) in [6, 6.07) is 0. The number of hydrogen-bond donors (Lipinski definition) is 12. The fraction of sp³-hybridized carbons (Fsp3) is 0.897. The SMILES string of the molecule is C=C(O)CCCCCCC(=O)NCCOC1OC(COC2OC(CO)C(O)C(O)C2O)C(O)C(OC2OC(CO)C(O)C(O)C2O)C1O. The second-order valence-corrected chi connectivity index (χ2v) is 12.1. The fourth-order valence-electron chi connectivity index (χ4n) is 5.49. The summed E-state index contributed by atoms with van der Waals surface area (Å²) in [6.07, 6.45) is -21.0. The molecule has 1 amide bonds. The van der Waals surface area contributed by atoms with E-state index in [1.807, 2.05) is 0 Å². The van der Waals surface area contributed by atoms with Gasteiger partial charge in [0.1, 0.15) is 73.2 Å². The van der Waals surface area contributed by atoms with Crippen molar-refractivity contribution in [2.75, 3.05) is 33.0 Å². The molecule has 19 heteroatoms. The van der Waals surface area contributed by atoms with Gasteiger partial charge in [-0.05, 0) is 12.8 Å².